The third-order valence-electron chi connectivity index (χ3n) is 7.04. The average Bonchev–Trinajstić information content (AvgIpc) is 3.24. The van der Waals surface area contributed by atoms with E-state index in [1.54, 1.807) is 6.07 Å². The molecule has 0 amide bonds. The summed E-state index contributed by atoms with van der Waals surface area (Å²) in [5, 5.41) is 10.3. The van der Waals surface area contributed by atoms with Crippen LogP contribution in [0.3, 0.4) is 0 Å². The number of alkyl halides is 3. The normalized spacial score (nSPS) is 15.0. The lowest BCUT2D eigenvalue weighted by Gasteiger charge is -2.30. The Kier molecular flexibility index (Phi) is 7.47. The number of aryl methyl sites for hydroxylation is 1. The number of hydrogen-bond donors (Lipinski definition) is 1. The first-order valence-corrected chi connectivity index (χ1v) is 12.7. The highest BCUT2D eigenvalue weighted by Gasteiger charge is 2.36. The summed E-state index contributed by atoms with van der Waals surface area (Å²) >= 11 is 0. The van der Waals surface area contributed by atoms with Crippen molar-refractivity contribution in [3.8, 4) is 11.1 Å². The van der Waals surface area contributed by atoms with Crippen LogP contribution in [0.4, 0.5) is 13.2 Å². The third kappa shape index (κ3) is 5.79. The van der Waals surface area contributed by atoms with E-state index in [-0.39, 0.29) is 0 Å². The zero-order valence-electron chi connectivity index (χ0n) is 22.7. The number of rotatable bonds is 6. The van der Waals surface area contributed by atoms with Gasteiger partial charge in [-0.05, 0) is 86.6 Å². The van der Waals surface area contributed by atoms with Gasteiger partial charge in [0.1, 0.15) is 0 Å². The fourth-order valence-electron chi connectivity index (χ4n) is 5.31. The van der Waals surface area contributed by atoms with Crippen molar-refractivity contribution in [2.45, 2.75) is 79.1 Å². The van der Waals surface area contributed by atoms with Gasteiger partial charge in [-0.15, -0.1) is 0 Å². The van der Waals surface area contributed by atoms with E-state index >= 15 is 0 Å². The van der Waals surface area contributed by atoms with Crippen LogP contribution in [-0.2, 0) is 35.3 Å². The predicted octanol–water partition coefficient (Wildman–Crippen LogP) is 7.75. The maximum absolute atomic E-state index is 13.3. The van der Waals surface area contributed by atoms with Crippen molar-refractivity contribution in [3.05, 3.63) is 93.0 Å². The number of fused-ring (bicyclic) bond motifs is 1. The average molecular weight is 526 g/mol. The topological polar surface area (TPSA) is 49.8 Å². The summed E-state index contributed by atoms with van der Waals surface area (Å²) in [5.74, 6) is -1.06. The molecule has 3 aromatic carbocycles. The van der Waals surface area contributed by atoms with Crippen LogP contribution in [0.2, 0.25) is 0 Å². The minimum atomic E-state index is -4.39. The summed E-state index contributed by atoms with van der Waals surface area (Å²) in [7, 11) is 0. The fourth-order valence-corrected chi connectivity index (χ4v) is 5.31. The van der Waals surface area contributed by atoms with Crippen LogP contribution in [0.1, 0.15) is 71.4 Å². The second-order valence-electron chi connectivity index (χ2n) is 11.2. The lowest BCUT2D eigenvalue weighted by atomic mass is 9.83. The van der Waals surface area contributed by atoms with Gasteiger partial charge in [-0.1, -0.05) is 48.0 Å². The number of ether oxygens (including phenoxy) is 1. The fraction of sp³-hybridized carbons (Fsp3) is 0.387. The van der Waals surface area contributed by atoms with Crippen LogP contribution in [0.15, 0.2) is 48.5 Å². The van der Waals surface area contributed by atoms with Gasteiger partial charge in [-0.3, -0.25) is 4.90 Å². The SMILES string of the molecule is Cc1ccc(-c2c(C)c3c(c(C)c2C(OC(C)(C)C)C(=O)O)CN(Cc2cccc(C(F)(F)F)c2)C3)cc1. The molecule has 0 saturated carbocycles. The van der Waals surface area contributed by atoms with Crippen molar-refractivity contribution in [2.75, 3.05) is 0 Å². The molecule has 0 fully saturated rings. The number of benzene rings is 3. The van der Waals surface area contributed by atoms with Gasteiger partial charge >= 0.3 is 12.1 Å². The number of carboxylic acids is 1. The molecule has 202 valence electrons. The molecular weight excluding hydrogens is 491 g/mol. The van der Waals surface area contributed by atoms with E-state index < -0.39 is 29.4 Å². The molecule has 38 heavy (non-hydrogen) atoms. The lowest BCUT2D eigenvalue weighted by molar-refractivity contribution is -0.160. The number of aliphatic carboxylic acids is 1. The van der Waals surface area contributed by atoms with Crippen molar-refractivity contribution in [3.63, 3.8) is 0 Å². The molecule has 0 radical (unpaired) electrons. The minimum Gasteiger partial charge on any atom is -0.479 e. The molecule has 0 aromatic heterocycles. The van der Waals surface area contributed by atoms with Crippen LogP contribution in [0.25, 0.3) is 11.1 Å². The molecular formula is C31H34F3NO3. The Labute approximate surface area is 222 Å². The molecule has 1 unspecified atom stereocenters. The van der Waals surface area contributed by atoms with E-state index in [2.05, 4.69) is 4.90 Å². The smallest absolute Gasteiger partial charge is 0.416 e. The zero-order valence-corrected chi connectivity index (χ0v) is 22.7. The summed E-state index contributed by atoms with van der Waals surface area (Å²) in [5.41, 5.74) is 6.65. The molecule has 1 aliphatic rings. The molecule has 4 nitrogen and oxygen atoms in total. The quantitative estimate of drug-likeness (QED) is 0.357. The Morgan fingerprint density at radius 3 is 2.13 bits per heavy atom. The van der Waals surface area contributed by atoms with E-state index in [1.807, 2.05) is 65.8 Å². The Morgan fingerprint density at radius 2 is 1.58 bits per heavy atom. The Bertz CT molecular complexity index is 1350. The Morgan fingerprint density at radius 1 is 0.974 bits per heavy atom. The van der Waals surface area contributed by atoms with Crippen LogP contribution in [-0.4, -0.2) is 21.6 Å². The highest BCUT2D eigenvalue weighted by atomic mass is 19.4. The monoisotopic (exact) mass is 525 g/mol. The van der Waals surface area contributed by atoms with Crippen molar-refractivity contribution in [2.24, 2.45) is 0 Å². The maximum Gasteiger partial charge on any atom is 0.416 e. The van der Waals surface area contributed by atoms with Gasteiger partial charge in [0, 0.05) is 25.2 Å². The Balaban J connectivity index is 1.82. The van der Waals surface area contributed by atoms with E-state index in [0.717, 1.165) is 45.0 Å². The second-order valence-corrected chi connectivity index (χ2v) is 11.2. The van der Waals surface area contributed by atoms with E-state index in [9.17, 15) is 23.1 Å². The minimum absolute atomic E-state index is 0.355. The highest BCUT2D eigenvalue weighted by molar-refractivity contribution is 5.84. The van der Waals surface area contributed by atoms with Crippen molar-refractivity contribution in [1.29, 1.82) is 0 Å². The molecule has 4 rings (SSSR count). The van der Waals surface area contributed by atoms with E-state index in [0.29, 0.717) is 30.8 Å². The third-order valence-corrected chi connectivity index (χ3v) is 7.04. The van der Waals surface area contributed by atoms with Crippen molar-refractivity contribution in [1.82, 2.24) is 4.90 Å². The van der Waals surface area contributed by atoms with Gasteiger partial charge < -0.3 is 9.84 Å². The Hall–Kier alpha value is -3.16. The van der Waals surface area contributed by atoms with Crippen LogP contribution < -0.4 is 0 Å². The number of carboxylic acid groups (broad SMARTS) is 1. The molecule has 1 N–H and O–H groups in total. The lowest BCUT2D eigenvalue weighted by Crippen LogP contribution is -2.28. The standard InChI is InChI=1S/C31H34F3NO3/c1-18-10-12-22(13-11-18)26-19(2)24-16-35(15-21-8-7-9-23(14-21)31(32,33)34)17-25(24)20(3)27(26)28(29(36)37)38-30(4,5)6/h7-14,28H,15-17H2,1-6H3,(H,36,37). The second kappa shape index (κ2) is 10.2. The molecule has 3 aromatic rings. The van der Waals surface area contributed by atoms with Gasteiger partial charge in [0.25, 0.3) is 0 Å². The molecule has 0 spiro atoms. The molecule has 1 atom stereocenters. The van der Waals surface area contributed by atoms with Crippen LogP contribution in [0.5, 0.6) is 0 Å². The number of halogens is 3. The predicted molar refractivity (Wildman–Crippen MR) is 142 cm³/mol. The largest absolute Gasteiger partial charge is 0.479 e. The van der Waals surface area contributed by atoms with Gasteiger partial charge in [-0.25, -0.2) is 4.79 Å². The first kappa shape index (κ1) is 27.9. The van der Waals surface area contributed by atoms with Crippen molar-refractivity contribution < 1.29 is 27.8 Å². The van der Waals surface area contributed by atoms with E-state index in [4.69, 9.17) is 4.74 Å². The zero-order chi connectivity index (χ0) is 28.0. The van der Waals surface area contributed by atoms with Crippen molar-refractivity contribution >= 4 is 5.97 Å². The van der Waals surface area contributed by atoms with Gasteiger partial charge in [-0.2, -0.15) is 13.2 Å². The molecule has 7 heteroatoms. The highest BCUT2D eigenvalue weighted by Crippen LogP contribution is 2.44. The van der Waals surface area contributed by atoms with Crippen LogP contribution in [0, 0.1) is 20.8 Å². The first-order valence-electron chi connectivity index (χ1n) is 12.7. The summed E-state index contributed by atoms with van der Waals surface area (Å²) < 4.78 is 45.9. The summed E-state index contributed by atoms with van der Waals surface area (Å²) in [4.78, 5) is 14.7. The molecule has 0 saturated heterocycles. The molecule has 0 bridgehead atoms. The van der Waals surface area contributed by atoms with Gasteiger partial charge in [0.15, 0.2) is 6.10 Å². The van der Waals surface area contributed by atoms with Gasteiger partial charge in [0.2, 0.25) is 0 Å². The number of hydrogen-bond acceptors (Lipinski definition) is 3. The van der Waals surface area contributed by atoms with Crippen LogP contribution >= 0.6 is 0 Å². The molecule has 0 aliphatic carbocycles. The molecule has 1 aliphatic heterocycles. The summed E-state index contributed by atoms with van der Waals surface area (Å²) in [6.07, 6.45) is -5.57. The number of nitrogens with zero attached hydrogens (tertiary/aromatic N) is 1. The maximum atomic E-state index is 13.3. The molecule has 1 heterocycles. The first-order chi connectivity index (χ1) is 17.7. The summed E-state index contributed by atoms with van der Waals surface area (Å²) in [6.45, 7) is 12.9. The summed E-state index contributed by atoms with van der Waals surface area (Å²) in [6, 6.07) is 13.4. The van der Waals surface area contributed by atoms with Gasteiger partial charge in [0.05, 0.1) is 11.2 Å². The number of carbonyl (C=O) groups is 1. The van der Waals surface area contributed by atoms with E-state index in [1.165, 1.54) is 12.1 Å².